The van der Waals surface area contributed by atoms with Gasteiger partial charge in [0.05, 0.1) is 0 Å². The first-order chi connectivity index (χ1) is 11.4. The predicted octanol–water partition coefficient (Wildman–Crippen LogP) is 4.23. The lowest BCUT2D eigenvalue weighted by atomic mass is 9.52. The van der Waals surface area contributed by atoms with Crippen LogP contribution in [-0.2, 0) is 14.3 Å². The van der Waals surface area contributed by atoms with Gasteiger partial charge in [-0.2, -0.15) is 0 Å². The molecule has 0 bridgehead atoms. The number of ketones is 1. The Kier molecular flexibility index (Phi) is 3.74. The molecule has 0 aromatic rings. The molecule has 2 fully saturated rings. The van der Waals surface area contributed by atoms with Crippen LogP contribution in [-0.4, -0.2) is 17.9 Å². The zero-order valence-electron chi connectivity index (χ0n) is 15.0. The monoisotopic (exact) mass is 328 g/mol. The molecule has 4 aliphatic rings. The van der Waals surface area contributed by atoms with Crippen molar-refractivity contribution in [2.75, 3.05) is 0 Å². The van der Waals surface area contributed by atoms with E-state index in [0.29, 0.717) is 35.9 Å². The Morgan fingerprint density at radius 1 is 1.21 bits per heavy atom. The Morgan fingerprint density at radius 2 is 2.00 bits per heavy atom. The van der Waals surface area contributed by atoms with E-state index in [0.717, 1.165) is 25.7 Å². The topological polar surface area (TPSA) is 43.4 Å². The minimum absolute atomic E-state index is 0.0821. The Bertz CT molecular complexity index is 643. The average Bonchev–Trinajstić information content (AvgIpc) is 2.83. The first kappa shape index (κ1) is 16.1. The molecule has 130 valence electrons. The van der Waals surface area contributed by atoms with E-state index in [2.05, 4.69) is 19.9 Å². The number of rotatable bonds is 1. The third-order valence-electron chi connectivity index (χ3n) is 7.44. The molecule has 0 unspecified atom stereocenters. The molecule has 0 aromatic heterocycles. The summed E-state index contributed by atoms with van der Waals surface area (Å²) in [4.78, 5) is 23.3. The lowest BCUT2D eigenvalue weighted by molar-refractivity contribution is -0.155. The van der Waals surface area contributed by atoms with Crippen LogP contribution < -0.4 is 0 Å². The quantitative estimate of drug-likeness (QED) is 0.677. The van der Waals surface area contributed by atoms with Gasteiger partial charge in [-0.1, -0.05) is 18.6 Å². The first-order valence-electron chi connectivity index (χ1n) is 9.50. The van der Waals surface area contributed by atoms with Gasteiger partial charge in [0.1, 0.15) is 6.10 Å². The summed E-state index contributed by atoms with van der Waals surface area (Å²) in [7, 11) is 0. The van der Waals surface area contributed by atoms with Gasteiger partial charge >= 0.3 is 5.97 Å². The lowest BCUT2D eigenvalue weighted by Gasteiger charge is -2.53. The van der Waals surface area contributed by atoms with Crippen molar-refractivity contribution in [1.29, 1.82) is 0 Å². The molecule has 0 aromatic carbocycles. The Labute approximate surface area is 144 Å². The number of carbonyl (C=O) groups is 2. The average molecular weight is 328 g/mol. The van der Waals surface area contributed by atoms with Crippen LogP contribution in [0.1, 0.15) is 59.3 Å². The molecule has 0 amide bonds. The number of hydrogen-bond donors (Lipinski definition) is 0. The van der Waals surface area contributed by atoms with E-state index in [1.807, 2.05) is 6.08 Å². The minimum Gasteiger partial charge on any atom is -0.462 e. The van der Waals surface area contributed by atoms with Crippen molar-refractivity contribution in [3.8, 4) is 0 Å². The van der Waals surface area contributed by atoms with E-state index in [9.17, 15) is 9.59 Å². The second-order valence-corrected chi connectivity index (χ2v) is 8.66. The molecule has 0 heterocycles. The van der Waals surface area contributed by atoms with Crippen molar-refractivity contribution in [1.82, 2.24) is 0 Å². The molecule has 0 aliphatic heterocycles. The molecule has 2 saturated carbocycles. The van der Waals surface area contributed by atoms with Gasteiger partial charge in [0.15, 0.2) is 5.78 Å². The van der Waals surface area contributed by atoms with Crippen LogP contribution in [0.4, 0.5) is 0 Å². The van der Waals surface area contributed by atoms with Crippen molar-refractivity contribution < 1.29 is 14.3 Å². The van der Waals surface area contributed by atoms with Crippen molar-refractivity contribution in [2.24, 2.45) is 29.1 Å². The van der Waals surface area contributed by atoms with Gasteiger partial charge in [0.25, 0.3) is 0 Å². The number of allylic oxidation sites excluding steroid dienone is 4. The van der Waals surface area contributed by atoms with E-state index < -0.39 is 0 Å². The summed E-state index contributed by atoms with van der Waals surface area (Å²) in [6.45, 7) is 6.13. The van der Waals surface area contributed by atoms with Crippen molar-refractivity contribution in [3.63, 3.8) is 0 Å². The third kappa shape index (κ3) is 2.31. The van der Waals surface area contributed by atoms with Gasteiger partial charge in [0.2, 0.25) is 0 Å². The summed E-state index contributed by atoms with van der Waals surface area (Å²) in [5.74, 6) is 2.59. The van der Waals surface area contributed by atoms with Crippen LogP contribution in [0.5, 0.6) is 0 Å². The van der Waals surface area contributed by atoms with Crippen molar-refractivity contribution in [3.05, 3.63) is 23.3 Å². The molecule has 4 aliphatic carbocycles. The number of fused-ring (bicyclic) bond motifs is 5. The number of carbonyl (C=O) groups excluding carboxylic acids is 2. The number of ether oxygens (including phenoxy) is 1. The Hall–Kier alpha value is -1.38. The maximum absolute atomic E-state index is 11.8. The summed E-state index contributed by atoms with van der Waals surface area (Å²) >= 11 is 0. The van der Waals surface area contributed by atoms with Crippen molar-refractivity contribution >= 4 is 11.8 Å². The SMILES string of the molecule is CC(=O)O[C@H]1CC[C@H]2[C@@H]3C(C)=CC4=CC(=O)CC[C@@H]4[C@H]3CC[C@]12C. The highest BCUT2D eigenvalue weighted by Crippen LogP contribution is 2.62. The lowest BCUT2D eigenvalue weighted by Crippen LogP contribution is -2.48. The predicted molar refractivity (Wildman–Crippen MR) is 92.2 cm³/mol. The van der Waals surface area contributed by atoms with Crippen LogP contribution >= 0.6 is 0 Å². The fourth-order valence-electron chi connectivity index (χ4n) is 6.42. The number of esters is 1. The number of hydrogen-bond acceptors (Lipinski definition) is 3. The molecule has 0 saturated heterocycles. The third-order valence-corrected chi connectivity index (χ3v) is 7.44. The molecule has 3 heteroatoms. The maximum atomic E-state index is 11.8. The van der Waals surface area contributed by atoms with E-state index >= 15 is 0 Å². The first-order valence-corrected chi connectivity index (χ1v) is 9.50. The van der Waals surface area contributed by atoms with Crippen LogP contribution in [0.2, 0.25) is 0 Å². The molecule has 0 spiro atoms. The van der Waals surface area contributed by atoms with E-state index in [1.165, 1.54) is 24.5 Å². The normalized spacial score (nSPS) is 44.0. The molecule has 0 radical (unpaired) electrons. The molecule has 24 heavy (non-hydrogen) atoms. The van der Waals surface area contributed by atoms with Gasteiger partial charge < -0.3 is 4.74 Å². The van der Waals surface area contributed by atoms with Gasteiger partial charge in [-0.15, -0.1) is 0 Å². The summed E-state index contributed by atoms with van der Waals surface area (Å²) in [5.41, 5.74) is 2.84. The molecule has 3 nitrogen and oxygen atoms in total. The van der Waals surface area contributed by atoms with Crippen LogP contribution in [0.15, 0.2) is 23.3 Å². The standard InChI is InChI=1S/C21H28O3/c1-12-10-14-11-15(23)4-5-16(14)17-8-9-21(3)18(20(12)17)6-7-19(21)24-13(2)22/h10-11,16-20H,4-9H2,1-3H3/t16-,17+,18-,19-,20+,21-/m0/s1. The molecular formula is C21H28O3. The highest BCUT2D eigenvalue weighted by Gasteiger charge is 2.57. The van der Waals surface area contributed by atoms with Gasteiger partial charge in [-0.05, 0) is 74.3 Å². The second-order valence-electron chi connectivity index (χ2n) is 8.66. The second kappa shape index (κ2) is 5.57. The molecule has 6 atom stereocenters. The minimum atomic E-state index is -0.143. The highest BCUT2D eigenvalue weighted by atomic mass is 16.5. The van der Waals surface area contributed by atoms with Crippen molar-refractivity contribution in [2.45, 2.75) is 65.4 Å². The van der Waals surface area contributed by atoms with E-state index in [-0.39, 0.29) is 17.5 Å². The summed E-state index contributed by atoms with van der Waals surface area (Å²) < 4.78 is 5.70. The Morgan fingerprint density at radius 3 is 2.75 bits per heavy atom. The van der Waals surface area contributed by atoms with E-state index in [1.54, 1.807) is 0 Å². The summed E-state index contributed by atoms with van der Waals surface area (Å²) in [6.07, 6.45) is 10.5. The zero-order chi connectivity index (χ0) is 17.1. The van der Waals surface area contributed by atoms with Gasteiger partial charge in [-0.25, -0.2) is 0 Å². The Balaban J connectivity index is 1.68. The fourth-order valence-corrected chi connectivity index (χ4v) is 6.42. The van der Waals surface area contributed by atoms with Gasteiger partial charge in [-0.3, -0.25) is 9.59 Å². The maximum Gasteiger partial charge on any atom is 0.302 e. The molecular weight excluding hydrogens is 300 g/mol. The van der Waals surface area contributed by atoms with Crippen LogP contribution in [0.3, 0.4) is 0 Å². The van der Waals surface area contributed by atoms with Crippen LogP contribution in [0.25, 0.3) is 0 Å². The largest absolute Gasteiger partial charge is 0.462 e. The fraction of sp³-hybridized carbons (Fsp3) is 0.714. The molecule has 0 N–H and O–H groups in total. The smallest absolute Gasteiger partial charge is 0.302 e. The summed E-state index contributed by atoms with van der Waals surface area (Å²) in [6, 6.07) is 0. The zero-order valence-corrected chi connectivity index (χ0v) is 15.0. The highest BCUT2D eigenvalue weighted by molar-refractivity contribution is 5.92. The van der Waals surface area contributed by atoms with E-state index in [4.69, 9.17) is 4.74 Å². The van der Waals surface area contributed by atoms with Crippen LogP contribution in [0, 0.1) is 29.1 Å². The molecule has 4 rings (SSSR count). The van der Waals surface area contributed by atoms with Gasteiger partial charge in [0, 0.05) is 18.8 Å². The summed E-state index contributed by atoms with van der Waals surface area (Å²) in [5, 5.41) is 0.